The van der Waals surface area contributed by atoms with Crippen molar-refractivity contribution in [1.29, 1.82) is 0 Å². The Bertz CT molecular complexity index is 925. The SMILES string of the molecule is Cn1cnc2cnc(NCc3cccc4ncsc34)nc21. The minimum atomic E-state index is 0.604. The minimum absolute atomic E-state index is 0.604. The number of hydrogen-bond acceptors (Lipinski definition) is 6. The quantitative estimate of drug-likeness (QED) is 0.629. The van der Waals surface area contributed by atoms with Crippen LogP contribution < -0.4 is 5.32 Å². The molecule has 0 aliphatic rings. The van der Waals surface area contributed by atoms with Crippen LogP contribution in [0.25, 0.3) is 21.4 Å². The number of thiazole rings is 1. The number of imidazole rings is 1. The molecule has 0 atom stereocenters. The molecule has 4 rings (SSSR count). The summed E-state index contributed by atoms with van der Waals surface area (Å²) in [5.74, 6) is 0.604. The van der Waals surface area contributed by atoms with Gasteiger partial charge in [-0.3, -0.25) is 0 Å². The second-order valence-electron chi connectivity index (χ2n) is 4.73. The molecule has 0 fully saturated rings. The summed E-state index contributed by atoms with van der Waals surface area (Å²) in [6.45, 7) is 0.670. The van der Waals surface area contributed by atoms with E-state index < -0.39 is 0 Å². The summed E-state index contributed by atoms with van der Waals surface area (Å²) in [5, 5.41) is 3.27. The largest absolute Gasteiger partial charge is 0.350 e. The van der Waals surface area contributed by atoms with Gasteiger partial charge in [-0.2, -0.15) is 4.98 Å². The molecule has 0 unspecified atom stereocenters. The average molecular weight is 296 g/mol. The van der Waals surface area contributed by atoms with Crippen molar-refractivity contribution in [1.82, 2.24) is 24.5 Å². The Kier molecular flexibility index (Phi) is 2.78. The van der Waals surface area contributed by atoms with E-state index in [0.717, 1.165) is 16.7 Å². The van der Waals surface area contributed by atoms with Crippen molar-refractivity contribution in [3.05, 3.63) is 41.8 Å². The van der Waals surface area contributed by atoms with Crippen molar-refractivity contribution in [2.24, 2.45) is 7.05 Å². The topological polar surface area (TPSA) is 68.5 Å². The lowest BCUT2D eigenvalue weighted by atomic mass is 10.2. The first-order valence-corrected chi connectivity index (χ1v) is 7.38. The molecule has 0 saturated heterocycles. The summed E-state index contributed by atoms with van der Waals surface area (Å²) < 4.78 is 3.08. The van der Waals surface area contributed by atoms with Crippen molar-refractivity contribution < 1.29 is 0 Å². The Hall–Kier alpha value is -2.54. The van der Waals surface area contributed by atoms with Crippen LogP contribution in [0.15, 0.2) is 36.2 Å². The molecule has 7 heteroatoms. The lowest BCUT2D eigenvalue weighted by Gasteiger charge is -2.05. The van der Waals surface area contributed by atoms with Crippen LogP contribution in [0.2, 0.25) is 0 Å². The molecule has 0 aliphatic heterocycles. The Morgan fingerprint density at radius 3 is 3.10 bits per heavy atom. The van der Waals surface area contributed by atoms with Gasteiger partial charge in [0.15, 0.2) is 5.65 Å². The third-order valence-corrected chi connectivity index (χ3v) is 4.25. The normalized spacial score (nSPS) is 11.3. The minimum Gasteiger partial charge on any atom is -0.350 e. The van der Waals surface area contributed by atoms with E-state index >= 15 is 0 Å². The molecule has 1 aromatic carbocycles. The molecule has 1 N–H and O–H groups in total. The van der Waals surface area contributed by atoms with Crippen LogP contribution in [0, 0.1) is 0 Å². The molecule has 3 heterocycles. The first-order chi connectivity index (χ1) is 10.3. The highest BCUT2D eigenvalue weighted by Gasteiger charge is 2.06. The molecule has 21 heavy (non-hydrogen) atoms. The lowest BCUT2D eigenvalue weighted by Crippen LogP contribution is -2.04. The fraction of sp³-hybridized carbons (Fsp3) is 0.143. The summed E-state index contributed by atoms with van der Waals surface area (Å²) in [4.78, 5) is 17.3. The van der Waals surface area contributed by atoms with E-state index in [0.29, 0.717) is 12.5 Å². The van der Waals surface area contributed by atoms with E-state index in [-0.39, 0.29) is 0 Å². The predicted molar refractivity (Wildman–Crippen MR) is 83.3 cm³/mol. The first kappa shape index (κ1) is 12.2. The fourth-order valence-corrected chi connectivity index (χ4v) is 3.07. The third kappa shape index (κ3) is 2.11. The molecule has 0 bridgehead atoms. The summed E-state index contributed by atoms with van der Waals surface area (Å²) in [6, 6.07) is 6.13. The molecular weight excluding hydrogens is 284 g/mol. The van der Waals surface area contributed by atoms with E-state index in [1.54, 1.807) is 23.9 Å². The summed E-state index contributed by atoms with van der Waals surface area (Å²) >= 11 is 1.65. The zero-order valence-electron chi connectivity index (χ0n) is 11.3. The Labute approximate surface area is 124 Å². The van der Waals surface area contributed by atoms with Crippen molar-refractivity contribution in [2.45, 2.75) is 6.54 Å². The number of fused-ring (bicyclic) bond motifs is 2. The molecule has 3 aromatic heterocycles. The summed E-state index contributed by atoms with van der Waals surface area (Å²) in [6.07, 6.45) is 3.47. The maximum absolute atomic E-state index is 4.48. The van der Waals surface area contributed by atoms with Crippen LogP contribution >= 0.6 is 11.3 Å². The molecule has 0 amide bonds. The van der Waals surface area contributed by atoms with Crippen molar-refractivity contribution in [3.63, 3.8) is 0 Å². The van der Waals surface area contributed by atoms with Crippen LogP contribution in [0.5, 0.6) is 0 Å². The van der Waals surface area contributed by atoms with Gasteiger partial charge in [-0.15, -0.1) is 11.3 Å². The van der Waals surface area contributed by atoms with Crippen molar-refractivity contribution >= 4 is 38.7 Å². The van der Waals surface area contributed by atoms with Gasteiger partial charge < -0.3 is 9.88 Å². The van der Waals surface area contributed by atoms with Crippen LogP contribution in [0.1, 0.15) is 5.56 Å². The molecule has 104 valence electrons. The van der Waals surface area contributed by atoms with E-state index in [1.165, 1.54) is 10.3 Å². The molecule has 6 nitrogen and oxygen atoms in total. The molecule has 4 aromatic rings. The second kappa shape index (κ2) is 4.78. The zero-order chi connectivity index (χ0) is 14.2. The van der Waals surface area contributed by atoms with E-state index in [4.69, 9.17) is 0 Å². The highest BCUT2D eigenvalue weighted by atomic mass is 32.1. The number of aromatic nitrogens is 5. The van der Waals surface area contributed by atoms with E-state index in [9.17, 15) is 0 Å². The highest BCUT2D eigenvalue weighted by molar-refractivity contribution is 7.16. The number of nitrogens with zero attached hydrogens (tertiary/aromatic N) is 5. The summed E-state index contributed by atoms with van der Waals surface area (Å²) in [7, 11) is 1.92. The number of anilines is 1. The van der Waals surface area contributed by atoms with Gasteiger partial charge in [0.2, 0.25) is 5.95 Å². The van der Waals surface area contributed by atoms with Gasteiger partial charge in [-0.1, -0.05) is 12.1 Å². The zero-order valence-corrected chi connectivity index (χ0v) is 12.1. The van der Waals surface area contributed by atoms with Gasteiger partial charge in [-0.05, 0) is 11.6 Å². The molecule has 0 spiro atoms. The van der Waals surface area contributed by atoms with Crippen LogP contribution in [-0.2, 0) is 13.6 Å². The molecule has 0 saturated carbocycles. The molecule has 0 aliphatic carbocycles. The predicted octanol–water partition coefficient (Wildman–Crippen LogP) is 2.59. The fourth-order valence-electron chi connectivity index (χ4n) is 2.26. The number of rotatable bonds is 3. The van der Waals surface area contributed by atoms with Crippen LogP contribution in [-0.4, -0.2) is 24.5 Å². The standard InChI is InChI=1S/C14H12N6S/c1-20-7-17-11-6-16-14(19-13(11)20)15-5-9-3-2-4-10-12(9)21-8-18-10/h2-4,6-8H,5H2,1H3,(H,15,16,19). The van der Waals surface area contributed by atoms with Gasteiger partial charge in [0.05, 0.1) is 28.3 Å². The number of aryl methyl sites for hydroxylation is 1. The number of benzene rings is 1. The lowest BCUT2D eigenvalue weighted by molar-refractivity contribution is 0.926. The maximum Gasteiger partial charge on any atom is 0.225 e. The number of hydrogen-bond donors (Lipinski definition) is 1. The highest BCUT2D eigenvalue weighted by Crippen LogP contribution is 2.22. The van der Waals surface area contributed by atoms with E-state index in [2.05, 4.69) is 31.3 Å². The maximum atomic E-state index is 4.48. The average Bonchev–Trinajstić information content (AvgIpc) is 3.12. The third-order valence-electron chi connectivity index (χ3n) is 3.33. The second-order valence-corrected chi connectivity index (χ2v) is 5.58. The first-order valence-electron chi connectivity index (χ1n) is 6.50. The van der Waals surface area contributed by atoms with Crippen molar-refractivity contribution in [2.75, 3.05) is 5.32 Å². The van der Waals surface area contributed by atoms with Crippen LogP contribution in [0.3, 0.4) is 0 Å². The molecule has 0 radical (unpaired) electrons. The van der Waals surface area contributed by atoms with Gasteiger partial charge in [0.1, 0.15) is 5.52 Å². The van der Waals surface area contributed by atoms with Gasteiger partial charge in [0.25, 0.3) is 0 Å². The van der Waals surface area contributed by atoms with Crippen LogP contribution in [0.4, 0.5) is 5.95 Å². The Morgan fingerprint density at radius 1 is 1.19 bits per heavy atom. The number of nitrogens with one attached hydrogen (secondary N) is 1. The smallest absolute Gasteiger partial charge is 0.225 e. The van der Waals surface area contributed by atoms with Gasteiger partial charge >= 0.3 is 0 Å². The van der Waals surface area contributed by atoms with Gasteiger partial charge in [-0.25, -0.2) is 15.0 Å². The Morgan fingerprint density at radius 2 is 2.14 bits per heavy atom. The summed E-state index contributed by atoms with van der Waals surface area (Å²) in [5.41, 5.74) is 5.72. The van der Waals surface area contributed by atoms with Crippen molar-refractivity contribution in [3.8, 4) is 0 Å². The molecular formula is C14H12N6S. The monoisotopic (exact) mass is 296 g/mol. The van der Waals surface area contributed by atoms with Gasteiger partial charge in [0, 0.05) is 13.6 Å². The van der Waals surface area contributed by atoms with E-state index in [1.807, 2.05) is 29.3 Å². The Balaban J connectivity index is 1.63.